The molecule has 0 saturated carbocycles. The predicted octanol–water partition coefficient (Wildman–Crippen LogP) is 2.04. The first-order valence-electron chi connectivity index (χ1n) is 7.73. The summed E-state index contributed by atoms with van der Waals surface area (Å²) in [6.07, 6.45) is 6.51. The van der Waals surface area contributed by atoms with E-state index in [-0.39, 0.29) is 41.3 Å². The SMILES string of the molecule is C[C@@H]1C[C@H]2O[C@H]2/C=C\C=C\C(=O)Cc2cc(O)cc(O)c2C(=O)O1. The number of carbonyl (C=O) groups is 2. The molecule has 126 valence electrons. The van der Waals surface area contributed by atoms with Gasteiger partial charge in [-0.15, -0.1) is 0 Å². The fourth-order valence-corrected chi connectivity index (χ4v) is 2.76. The number of esters is 1. The quantitative estimate of drug-likeness (QED) is 0.558. The van der Waals surface area contributed by atoms with Crippen molar-refractivity contribution in [2.75, 3.05) is 0 Å². The second-order valence-electron chi connectivity index (χ2n) is 5.98. The molecule has 0 amide bonds. The molecular weight excluding hydrogens is 312 g/mol. The van der Waals surface area contributed by atoms with Crippen LogP contribution in [-0.4, -0.2) is 40.3 Å². The van der Waals surface area contributed by atoms with Crippen LogP contribution in [-0.2, 0) is 20.7 Å². The first kappa shape index (κ1) is 16.3. The van der Waals surface area contributed by atoms with E-state index in [9.17, 15) is 19.8 Å². The topological polar surface area (TPSA) is 96.4 Å². The number of aromatic hydroxyl groups is 2. The van der Waals surface area contributed by atoms with E-state index < -0.39 is 17.8 Å². The summed E-state index contributed by atoms with van der Waals surface area (Å²) in [6, 6.07) is 2.34. The van der Waals surface area contributed by atoms with E-state index in [1.165, 1.54) is 12.1 Å². The summed E-state index contributed by atoms with van der Waals surface area (Å²) in [4.78, 5) is 24.4. The number of epoxide rings is 1. The molecule has 1 aromatic rings. The molecule has 0 unspecified atom stereocenters. The Kier molecular flexibility index (Phi) is 4.40. The molecule has 6 nitrogen and oxygen atoms in total. The second-order valence-corrected chi connectivity index (χ2v) is 5.98. The Morgan fingerprint density at radius 3 is 2.75 bits per heavy atom. The van der Waals surface area contributed by atoms with Crippen molar-refractivity contribution >= 4 is 11.8 Å². The van der Waals surface area contributed by atoms with Crippen molar-refractivity contribution in [3.8, 4) is 11.5 Å². The monoisotopic (exact) mass is 330 g/mol. The van der Waals surface area contributed by atoms with Crippen LogP contribution in [0.5, 0.6) is 11.5 Å². The van der Waals surface area contributed by atoms with Crippen molar-refractivity contribution in [3.05, 3.63) is 47.6 Å². The molecule has 0 spiro atoms. The minimum absolute atomic E-state index is 0.0241. The van der Waals surface area contributed by atoms with Crippen LogP contribution in [0.1, 0.15) is 29.3 Å². The molecule has 1 aromatic carbocycles. The van der Waals surface area contributed by atoms with Crippen LogP contribution < -0.4 is 0 Å². The van der Waals surface area contributed by atoms with Crippen LogP contribution in [0.25, 0.3) is 0 Å². The zero-order chi connectivity index (χ0) is 17.3. The molecule has 3 atom stereocenters. The molecule has 2 N–H and O–H groups in total. The number of ketones is 1. The van der Waals surface area contributed by atoms with Gasteiger partial charge in [-0.2, -0.15) is 0 Å². The van der Waals surface area contributed by atoms with Crippen LogP contribution in [0, 0.1) is 0 Å². The van der Waals surface area contributed by atoms with Crippen LogP contribution in [0.15, 0.2) is 36.4 Å². The average Bonchev–Trinajstić information content (AvgIpc) is 3.19. The van der Waals surface area contributed by atoms with Crippen molar-refractivity contribution in [2.45, 2.75) is 38.1 Å². The molecule has 0 bridgehead atoms. The van der Waals surface area contributed by atoms with Crippen LogP contribution in [0.4, 0.5) is 0 Å². The van der Waals surface area contributed by atoms with Crippen molar-refractivity contribution in [1.82, 2.24) is 0 Å². The molecule has 0 aliphatic carbocycles. The Balaban J connectivity index is 1.96. The lowest BCUT2D eigenvalue weighted by Gasteiger charge is -2.15. The van der Waals surface area contributed by atoms with Gasteiger partial charge >= 0.3 is 5.97 Å². The molecule has 2 aliphatic rings. The Morgan fingerprint density at radius 1 is 1.17 bits per heavy atom. The van der Waals surface area contributed by atoms with Gasteiger partial charge in [-0.05, 0) is 24.6 Å². The maximum Gasteiger partial charge on any atom is 0.342 e. The van der Waals surface area contributed by atoms with E-state index in [0.717, 1.165) is 6.07 Å². The normalized spacial score (nSPS) is 29.6. The van der Waals surface area contributed by atoms with Gasteiger partial charge in [0.15, 0.2) is 5.78 Å². The average molecular weight is 330 g/mol. The van der Waals surface area contributed by atoms with Gasteiger partial charge in [0, 0.05) is 18.9 Å². The number of phenolic OH excluding ortho intramolecular Hbond substituents is 2. The Hall–Kier alpha value is -2.60. The standard InChI is InChI=1S/C18H18O6/c1-10-6-16-15(24-16)5-3-2-4-12(19)7-11-8-13(20)9-14(21)17(11)18(22)23-10/h2-5,8-10,15-16,20-21H,6-7H2,1H3/b4-2+,5-3-/t10-,15+,16-/m1/s1. The van der Waals surface area contributed by atoms with Gasteiger partial charge in [-0.3, -0.25) is 4.79 Å². The maximum atomic E-state index is 12.4. The molecule has 0 aromatic heterocycles. The number of benzene rings is 1. The van der Waals surface area contributed by atoms with E-state index in [2.05, 4.69) is 0 Å². The minimum atomic E-state index is -0.725. The van der Waals surface area contributed by atoms with Crippen molar-refractivity contribution in [1.29, 1.82) is 0 Å². The summed E-state index contributed by atoms with van der Waals surface area (Å²) >= 11 is 0. The summed E-state index contributed by atoms with van der Waals surface area (Å²) in [5, 5.41) is 19.7. The highest BCUT2D eigenvalue weighted by Crippen LogP contribution is 2.31. The zero-order valence-corrected chi connectivity index (χ0v) is 13.1. The highest BCUT2D eigenvalue weighted by molar-refractivity contribution is 5.98. The lowest BCUT2D eigenvalue weighted by Crippen LogP contribution is -2.19. The molecule has 2 heterocycles. The van der Waals surface area contributed by atoms with Gasteiger partial charge in [0.05, 0.1) is 6.10 Å². The molecular formula is C18H18O6. The fourth-order valence-electron chi connectivity index (χ4n) is 2.76. The number of carbonyl (C=O) groups excluding carboxylic acids is 2. The summed E-state index contributed by atoms with van der Waals surface area (Å²) < 4.78 is 10.8. The predicted molar refractivity (Wildman–Crippen MR) is 84.9 cm³/mol. The fraction of sp³-hybridized carbons (Fsp3) is 0.333. The highest BCUT2D eigenvalue weighted by Gasteiger charge is 2.38. The molecule has 0 radical (unpaired) electrons. The number of cyclic esters (lactones) is 1. The molecule has 1 fully saturated rings. The van der Waals surface area contributed by atoms with Gasteiger partial charge in [0.1, 0.15) is 29.3 Å². The van der Waals surface area contributed by atoms with E-state index in [1.54, 1.807) is 19.1 Å². The van der Waals surface area contributed by atoms with Crippen molar-refractivity contribution < 1.29 is 29.3 Å². The number of ether oxygens (including phenoxy) is 2. The van der Waals surface area contributed by atoms with Gasteiger partial charge in [-0.25, -0.2) is 4.79 Å². The summed E-state index contributed by atoms with van der Waals surface area (Å²) in [7, 11) is 0. The molecule has 24 heavy (non-hydrogen) atoms. The first-order chi connectivity index (χ1) is 11.4. The maximum absolute atomic E-state index is 12.4. The Labute approximate surface area is 139 Å². The number of hydrogen-bond acceptors (Lipinski definition) is 6. The molecule has 3 rings (SSSR count). The minimum Gasteiger partial charge on any atom is -0.508 e. The van der Waals surface area contributed by atoms with Gasteiger partial charge in [0.2, 0.25) is 0 Å². The van der Waals surface area contributed by atoms with Gasteiger partial charge in [-0.1, -0.05) is 18.2 Å². The van der Waals surface area contributed by atoms with E-state index in [0.29, 0.717) is 6.42 Å². The zero-order valence-electron chi connectivity index (χ0n) is 13.1. The van der Waals surface area contributed by atoms with Gasteiger partial charge < -0.3 is 19.7 Å². The third kappa shape index (κ3) is 3.65. The largest absolute Gasteiger partial charge is 0.508 e. The Morgan fingerprint density at radius 2 is 1.96 bits per heavy atom. The molecule has 1 saturated heterocycles. The van der Waals surface area contributed by atoms with Crippen LogP contribution in [0.3, 0.4) is 0 Å². The van der Waals surface area contributed by atoms with Crippen LogP contribution >= 0.6 is 0 Å². The van der Waals surface area contributed by atoms with E-state index in [4.69, 9.17) is 9.47 Å². The number of phenols is 2. The van der Waals surface area contributed by atoms with Gasteiger partial charge in [0.25, 0.3) is 0 Å². The number of hydrogen-bond donors (Lipinski definition) is 2. The van der Waals surface area contributed by atoms with Crippen molar-refractivity contribution in [3.63, 3.8) is 0 Å². The second kappa shape index (κ2) is 6.49. The third-order valence-electron chi connectivity index (χ3n) is 3.94. The number of allylic oxidation sites excluding steroid dienone is 3. The van der Waals surface area contributed by atoms with Crippen molar-refractivity contribution in [2.24, 2.45) is 0 Å². The van der Waals surface area contributed by atoms with Crippen LogP contribution in [0.2, 0.25) is 0 Å². The highest BCUT2D eigenvalue weighted by atomic mass is 16.6. The lowest BCUT2D eigenvalue weighted by atomic mass is 10.00. The Bertz CT molecular complexity index is 733. The lowest BCUT2D eigenvalue weighted by molar-refractivity contribution is -0.114. The summed E-state index contributed by atoms with van der Waals surface area (Å²) in [5.41, 5.74) is 0.128. The first-order valence-corrected chi connectivity index (χ1v) is 7.73. The molecule has 6 heteroatoms. The smallest absolute Gasteiger partial charge is 0.342 e. The van der Waals surface area contributed by atoms with E-state index >= 15 is 0 Å². The third-order valence-corrected chi connectivity index (χ3v) is 3.94. The summed E-state index contributed by atoms with van der Waals surface area (Å²) in [5.74, 6) is -1.63. The van der Waals surface area contributed by atoms with E-state index in [1.807, 2.05) is 6.08 Å². The number of fused-ring (bicyclic) bond motifs is 2. The molecule has 2 aliphatic heterocycles. The summed E-state index contributed by atoms with van der Waals surface area (Å²) in [6.45, 7) is 1.74. The number of rotatable bonds is 0.